The third-order valence-electron chi connectivity index (χ3n) is 2.34. The molecule has 0 aliphatic rings. The van der Waals surface area contributed by atoms with Gasteiger partial charge in [0.15, 0.2) is 5.11 Å². The number of hydrogen-bond acceptors (Lipinski definition) is 2. The summed E-state index contributed by atoms with van der Waals surface area (Å²) < 4.78 is 0. The van der Waals surface area contributed by atoms with E-state index in [-0.39, 0.29) is 0 Å². The lowest BCUT2D eigenvalue weighted by atomic mass is 10.3. The summed E-state index contributed by atoms with van der Waals surface area (Å²) in [7, 11) is 0. The molecule has 19 heavy (non-hydrogen) atoms. The van der Waals surface area contributed by atoms with Crippen LogP contribution in [0.25, 0.3) is 0 Å². The normalized spacial score (nSPS) is 10.0. The quantitative estimate of drug-likeness (QED) is 0.844. The molecule has 0 atom stereocenters. The second kappa shape index (κ2) is 6.70. The fraction of sp³-hybridized carbons (Fsp3) is 0.0769. The summed E-state index contributed by atoms with van der Waals surface area (Å²) in [6.07, 6.45) is 1.74. The number of thiocarbonyl (C=S) groups is 1. The Morgan fingerprint density at radius 2 is 2.05 bits per heavy atom. The first-order valence-electron chi connectivity index (χ1n) is 5.55. The highest BCUT2D eigenvalue weighted by molar-refractivity contribution is 7.80. The molecule has 0 unspecified atom stereocenters. The van der Waals surface area contributed by atoms with E-state index in [1.165, 1.54) is 0 Å². The predicted octanol–water partition coefficient (Wildman–Crippen LogP) is 3.88. The molecule has 0 aliphatic heterocycles. The van der Waals surface area contributed by atoms with Crippen molar-refractivity contribution >= 4 is 46.2 Å². The molecule has 2 rings (SSSR count). The van der Waals surface area contributed by atoms with Crippen LogP contribution in [0, 0.1) is 0 Å². The molecular weight excluding hydrogens is 301 g/mol. The van der Waals surface area contributed by atoms with E-state index in [1.807, 2.05) is 18.2 Å². The zero-order chi connectivity index (χ0) is 13.7. The average Bonchev–Trinajstić information content (AvgIpc) is 2.41. The zero-order valence-electron chi connectivity index (χ0n) is 9.86. The first-order chi connectivity index (χ1) is 9.15. The minimum absolute atomic E-state index is 0.481. The number of rotatable bonds is 3. The number of nitrogens with zero attached hydrogens (tertiary/aromatic N) is 1. The van der Waals surface area contributed by atoms with Gasteiger partial charge in [0.05, 0.1) is 22.9 Å². The molecule has 1 aromatic carbocycles. The lowest BCUT2D eigenvalue weighted by Crippen LogP contribution is -2.28. The van der Waals surface area contributed by atoms with Gasteiger partial charge in [0, 0.05) is 11.2 Å². The molecule has 98 valence electrons. The third kappa shape index (κ3) is 4.35. The second-order valence-corrected chi connectivity index (χ2v) is 5.00. The second-order valence-electron chi connectivity index (χ2n) is 3.75. The summed E-state index contributed by atoms with van der Waals surface area (Å²) in [6.45, 7) is 0.553. The number of pyridine rings is 1. The minimum atomic E-state index is 0.481. The molecule has 0 bridgehead atoms. The van der Waals surface area contributed by atoms with Crippen LogP contribution >= 0.6 is 35.4 Å². The molecule has 1 heterocycles. The first kappa shape index (κ1) is 14.1. The van der Waals surface area contributed by atoms with Crippen LogP contribution in [-0.2, 0) is 6.54 Å². The van der Waals surface area contributed by atoms with E-state index >= 15 is 0 Å². The van der Waals surface area contributed by atoms with Gasteiger partial charge in [-0.25, -0.2) is 0 Å². The van der Waals surface area contributed by atoms with Crippen LogP contribution in [-0.4, -0.2) is 10.1 Å². The molecule has 0 aliphatic carbocycles. The molecule has 1 aromatic heterocycles. The lowest BCUT2D eigenvalue weighted by molar-refractivity contribution is 0.882. The van der Waals surface area contributed by atoms with Crippen LogP contribution in [0.15, 0.2) is 42.6 Å². The van der Waals surface area contributed by atoms with E-state index in [0.29, 0.717) is 27.4 Å². The number of anilines is 1. The SMILES string of the molecule is S=C(NCc1ccccn1)Nc1ccc(Cl)cc1Cl. The van der Waals surface area contributed by atoms with Gasteiger partial charge in [0.25, 0.3) is 0 Å². The highest BCUT2D eigenvalue weighted by Crippen LogP contribution is 2.25. The average molecular weight is 312 g/mol. The molecule has 0 amide bonds. The Hall–Kier alpha value is -1.36. The Morgan fingerprint density at radius 3 is 2.74 bits per heavy atom. The van der Waals surface area contributed by atoms with E-state index in [2.05, 4.69) is 15.6 Å². The molecular formula is C13H11Cl2N3S. The van der Waals surface area contributed by atoms with Crippen molar-refractivity contribution in [2.24, 2.45) is 0 Å². The monoisotopic (exact) mass is 311 g/mol. The molecule has 2 N–H and O–H groups in total. The van der Waals surface area contributed by atoms with Crippen LogP contribution in [0.2, 0.25) is 10.0 Å². The fourth-order valence-corrected chi connectivity index (χ4v) is 2.07. The summed E-state index contributed by atoms with van der Waals surface area (Å²) in [6, 6.07) is 10.9. The predicted molar refractivity (Wildman–Crippen MR) is 83.8 cm³/mol. The minimum Gasteiger partial charge on any atom is -0.357 e. The molecule has 6 heteroatoms. The molecule has 0 spiro atoms. The van der Waals surface area contributed by atoms with Crippen LogP contribution in [0.4, 0.5) is 5.69 Å². The van der Waals surface area contributed by atoms with Crippen molar-refractivity contribution in [2.75, 3.05) is 5.32 Å². The van der Waals surface area contributed by atoms with Gasteiger partial charge >= 0.3 is 0 Å². The standard InChI is InChI=1S/C13H11Cl2N3S/c14-9-4-5-12(11(15)7-9)18-13(19)17-8-10-3-1-2-6-16-10/h1-7H,8H2,(H2,17,18,19). The number of aromatic nitrogens is 1. The van der Waals surface area contributed by atoms with Crippen molar-refractivity contribution in [1.29, 1.82) is 0 Å². The Balaban J connectivity index is 1.91. The van der Waals surface area contributed by atoms with Gasteiger partial charge in [0.2, 0.25) is 0 Å². The molecule has 0 fully saturated rings. The Kier molecular flexibility index (Phi) is 4.96. The summed E-state index contributed by atoms with van der Waals surface area (Å²) in [4.78, 5) is 4.19. The smallest absolute Gasteiger partial charge is 0.171 e. The maximum Gasteiger partial charge on any atom is 0.171 e. The summed E-state index contributed by atoms with van der Waals surface area (Å²) in [5, 5.41) is 7.66. The Bertz CT molecular complexity index is 575. The summed E-state index contributed by atoms with van der Waals surface area (Å²) in [5.74, 6) is 0. The number of nitrogens with one attached hydrogen (secondary N) is 2. The maximum atomic E-state index is 6.04. The molecule has 0 saturated heterocycles. The zero-order valence-corrected chi connectivity index (χ0v) is 12.2. The number of halogens is 2. The van der Waals surface area contributed by atoms with Crippen LogP contribution in [0.3, 0.4) is 0 Å². The van der Waals surface area contributed by atoms with Gasteiger partial charge in [-0.05, 0) is 42.5 Å². The van der Waals surface area contributed by atoms with Gasteiger partial charge in [-0.15, -0.1) is 0 Å². The van der Waals surface area contributed by atoms with E-state index in [4.69, 9.17) is 35.4 Å². The Morgan fingerprint density at radius 1 is 1.21 bits per heavy atom. The van der Waals surface area contributed by atoms with Crippen molar-refractivity contribution in [3.05, 3.63) is 58.3 Å². The highest BCUT2D eigenvalue weighted by Gasteiger charge is 2.03. The van der Waals surface area contributed by atoms with E-state index in [9.17, 15) is 0 Å². The van der Waals surface area contributed by atoms with Crippen molar-refractivity contribution in [3.8, 4) is 0 Å². The first-order valence-corrected chi connectivity index (χ1v) is 6.71. The highest BCUT2D eigenvalue weighted by atomic mass is 35.5. The molecule has 3 nitrogen and oxygen atoms in total. The maximum absolute atomic E-state index is 6.04. The summed E-state index contributed by atoms with van der Waals surface area (Å²) in [5.41, 5.74) is 1.62. The van der Waals surface area contributed by atoms with E-state index < -0.39 is 0 Å². The number of hydrogen-bond donors (Lipinski definition) is 2. The van der Waals surface area contributed by atoms with Crippen LogP contribution in [0.1, 0.15) is 5.69 Å². The topological polar surface area (TPSA) is 37.0 Å². The van der Waals surface area contributed by atoms with E-state index in [0.717, 1.165) is 5.69 Å². The lowest BCUT2D eigenvalue weighted by Gasteiger charge is -2.11. The van der Waals surface area contributed by atoms with Gasteiger partial charge < -0.3 is 10.6 Å². The van der Waals surface area contributed by atoms with E-state index in [1.54, 1.807) is 24.4 Å². The fourth-order valence-electron chi connectivity index (χ4n) is 1.43. The van der Waals surface area contributed by atoms with Crippen molar-refractivity contribution < 1.29 is 0 Å². The van der Waals surface area contributed by atoms with Crippen LogP contribution in [0.5, 0.6) is 0 Å². The van der Waals surface area contributed by atoms with Gasteiger partial charge in [-0.3, -0.25) is 4.98 Å². The van der Waals surface area contributed by atoms with Gasteiger partial charge in [-0.1, -0.05) is 29.3 Å². The summed E-state index contributed by atoms with van der Waals surface area (Å²) >= 11 is 17.1. The molecule has 0 radical (unpaired) electrons. The third-order valence-corrected chi connectivity index (χ3v) is 3.13. The number of benzene rings is 1. The molecule has 0 saturated carbocycles. The molecule has 2 aromatic rings. The van der Waals surface area contributed by atoms with Crippen molar-refractivity contribution in [3.63, 3.8) is 0 Å². The van der Waals surface area contributed by atoms with Gasteiger partial charge in [0.1, 0.15) is 0 Å². The van der Waals surface area contributed by atoms with Crippen LogP contribution < -0.4 is 10.6 Å². The van der Waals surface area contributed by atoms with Gasteiger partial charge in [-0.2, -0.15) is 0 Å². The largest absolute Gasteiger partial charge is 0.357 e. The Labute approximate surface area is 127 Å². The van der Waals surface area contributed by atoms with Crippen molar-refractivity contribution in [1.82, 2.24) is 10.3 Å². The van der Waals surface area contributed by atoms with Crippen molar-refractivity contribution in [2.45, 2.75) is 6.54 Å².